The summed E-state index contributed by atoms with van der Waals surface area (Å²) in [5, 5.41) is 9.47. The molecule has 2 aromatic rings. The van der Waals surface area contributed by atoms with Crippen LogP contribution in [0.4, 0.5) is 5.69 Å². The number of ether oxygens (including phenoxy) is 4. The van der Waals surface area contributed by atoms with E-state index in [2.05, 4.69) is 5.32 Å². The molecular formula is C21H23NO10S. The number of hydrogen-bond acceptors (Lipinski definition) is 8. The number of aliphatic carboxylic acids is 1. The Balaban J connectivity index is 2.37. The second-order valence-electron chi connectivity index (χ2n) is 6.46. The quantitative estimate of drug-likeness (QED) is 0.340. The van der Waals surface area contributed by atoms with Gasteiger partial charge < -0.3 is 29.4 Å². The Labute approximate surface area is 190 Å². The SMILES string of the molecule is COc1cc(OC)c(/C=C/C(=O)Nc2ccc(OC)c(C(C(=O)O)S(=O)(=O)O)c2)c(OC)c1. The summed E-state index contributed by atoms with van der Waals surface area (Å²) in [4.78, 5) is 23.9. The van der Waals surface area contributed by atoms with E-state index in [1.165, 1.54) is 52.7 Å². The van der Waals surface area contributed by atoms with Crippen molar-refractivity contribution in [2.24, 2.45) is 0 Å². The molecule has 0 aliphatic carbocycles. The summed E-state index contributed by atoms with van der Waals surface area (Å²) in [7, 11) is 0.569. The molecule has 0 saturated heterocycles. The van der Waals surface area contributed by atoms with Crippen LogP contribution in [0.5, 0.6) is 23.0 Å². The molecule has 11 nitrogen and oxygen atoms in total. The zero-order valence-electron chi connectivity index (χ0n) is 18.2. The van der Waals surface area contributed by atoms with Crippen molar-refractivity contribution in [2.75, 3.05) is 33.8 Å². The van der Waals surface area contributed by atoms with Gasteiger partial charge in [0.1, 0.15) is 23.0 Å². The molecule has 0 saturated carbocycles. The van der Waals surface area contributed by atoms with E-state index in [-0.39, 0.29) is 17.0 Å². The maximum Gasteiger partial charge on any atom is 0.329 e. The largest absolute Gasteiger partial charge is 0.496 e. The third-order valence-corrected chi connectivity index (χ3v) is 5.51. The smallest absolute Gasteiger partial charge is 0.329 e. The first kappa shape index (κ1) is 25.5. The van der Waals surface area contributed by atoms with Crippen LogP contribution in [0.3, 0.4) is 0 Å². The van der Waals surface area contributed by atoms with E-state index in [4.69, 9.17) is 18.9 Å². The first-order chi connectivity index (χ1) is 15.5. The van der Waals surface area contributed by atoms with E-state index in [0.29, 0.717) is 22.8 Å². The molecule has 2 aromatic carbocycles. The Morgan fingerprint density at radius 1 is 0.939 bits per heavy atom. The van der Waals surface area contributed by atoms with Crippen LogP contribution in [0.25, 0.3) is 6.08 Å². The number of carbonyl (C=O) groups is 2. The van der Waals surface area contributed by atoms with Gasteiger partial charge in [-0.1, -0.05) is 0 Å². The normalized spacial score (nSPS) is 12.2. The lowest BCUT2D eigenvalue weighted by Gasteiger charge is -2.15. The van der Waals surface area contributed by atoms with E-state index in [1.807, 2.05) is 0 Å². The molecule has 1 atom stereocenters. The van der Waals surface area contributed by atoms with Crippen molar-refractivity contribution in [1.29, 1.82) is 0 Å². The van der Waals surface area contributed by atoms with Gasteiger partial charge in [-0.25, -0.2) is 0 Å². The van der Waals surface area contributed by atoms with Gasteiger partial charge in [-0.3, -0.25) is 14.1 Å². The molecule has 0 heterocycles. The molecule has 0 bridgehead atoms. The molecule has 178 valence electrons. The number of carboxylic acid groups (broad SMARTS) is 1. The summed E-state index contributed by atoms with van der Waals surface area (Å²) in [5.41, 5.74) is 0.181. The highest BCUT2D eigenvalue weighted by Crippen LogP contribution is 2.35. The van der Waals surface area contributed by atoms with Crippen LogP contribution in [0.1, 0.15) is 16.4 Å². The highest BCUT2D eigenvalue weighted by atomic mass is 32.2. The Morgan fingerprint density at radius 2 is 1.52 bits per heavy atom. The lowest BCUT2D eigenvalue weighted by Crippen LogP contribution is -2.22. The molecule has 0 aliphatic heterocycles. The minimum absolute atomic E-state index is 0.0732. The van der Waals surface area contributed by atoms with Gasteiger partial charge in [-0.15, -0.1) is 0 Å². The third kappa shape index (κ3) is 6.14. The minimum atomic E-state index is -5.01. The van der Waals surface area contributed by atoms with Crippen LogP contribution in [-0.4, -0.2) is 58.4 Å². The average Bonchev–Trinajstić information content (AvgIpc) is 2.76. The van der Waals surface area contributed by atoms with Gasteiger partial charge in [0, 0.05) is 29.5 Å². The molecule has 2 rings (SSSR count). The fourth-order valence-corrected chi connectivity index (χ4v) is 3.74. The summed E-state index contributed by atoms with van der Waals surface area (Å²) in [6.45, 7) is 0. The number of anilines is 1. The summed E-state index contributed by atoms with van der Waals surface area (Å²) in [6.07, 6.45) is 2.61. The third-order valence-electron chi connectivity index (χ3n) is 4.46. The van der Waals surface area contributed by atoms with E-state index in [9.17, 15) is 27.7 Å². The first-order valence-electron chi connectivity index (χ1n) is 9.21. The van der Waals surface area contributed by atoms with E-state index in [0.717, 1.165) is 6.07 Å². The number of benzene rings is 2. The zero-order valence-corrected chi connectivity index (χ0v) is 19.0. The fraction of sp³-hybridized carbons (Fsp3) is 0.238. The Hall–Kier alpha value is -3.77. The van der Waals surface area contributed by atoms with Crippen LogP contribution >= 0.6 is 0 Å². The van der Waals surface area contributed by atoms with Crippen LogP contribution in [0, 0.1) is 0 Å². The maximum absolute atomic E-state index is 12.5. The van der Waals surface area contributed by atoms with Crippen molar-refractivity contribution >= 4 is 33.8 Å². The van der Waals surface area contributed by atoms with E-state index < -0.39 is 27.2 Å². The van der Waals surface area contributed by atoms with Crippen molar-refractivity contribution in [2.45, 2.75) is 5.25 Å². The number of carboxylic acids is 1. The number of methoxy groups -OCH3 is 4. The summed E-state index contributed by atoms with van der Waals surface area (Å²) < 4.78 is 53.3. The number of amides is 1. The predicted molar refractivity (Wildman–Crippen MR) is 119 cm³/mol. The van der Waals surface area contributed by atoms with Gasteiger partial charge in [-0.05, 0) is 24.3 Å². The molecule has 33 heavy (non-hydrogen) atoms. The standard InChI is InChI=1S/C21H23NO10S/c1-29-13-10-17(31-3)14(18(11-13)32-4)6-8-19(23)22-12-5-7-16(30-2)15(9-12)20(21(24)25)33(26,27)28/h5-11,20H,1-4H3,(H,22,23)(H,24,25)(H,26,27,28)/b8-6+. The topological polar surface area (TPSA) is 158 Å². The van der Waals surface area contributed by atoms with Gasteiger partial charge in [0.15, 0.2) is 0 Å². The molecule has 1 amide bonds. The van der Waals surface area contributed by atoms with Crippen LogP contribution in [0.2, 0.25) is 0 Å². The molecule has 0 spiro atoms. The molecule has 0 fully saturated rings. The lowest BCUT2D eigenvalue weighted by atomic mass is 10.1. The van der Waals surface area contributed by atoms with Crippen LogP contribution in [0.15, 0.2) is 36.4 Å². The van der Waals surface area contributed by atoms with Gasteiger partial charge in [0.25, 0.3) is 10.1 Å². The maximum atomic E-state index is 12.5. The van der Waals surface area contributed by atoms with Crippen molar-refractivity contribution in [3.8, 4) is 23.0 Å². The summed E-state index contributed by atoms with van der Waals surface area (Å²) in [6, 6.07) is 6.96. The fourth-order valence-electron chi connectivity index (χ4n) is 2.98. The second kappa shape index (κ2) is 10.7. The summed E-state index contributed by atoms with van der Waals surface area (Å²) in [5.74, 6) is -1.26. The monoisotopic (exact) mass is 481 g/mol. The highest BCUT2D eigenvalue weighted by Gasteiger charge is 2.35. The molecule has 1 unspecified atom stereocenters. The molecule has 0 aromatic heterocycles. The summed E-state index contributed by atoms with van der Waals surface area (Å²) >= 11 is 0. The Bertz CT molecular complexity index is 1150. The highest BCUT2D eigenvalue weighted by molar-refractivity contribution is 7.86. The molecule has 3 N–H and O–H groups in total. The van der Waals surface area contributed by atoms with Crippen molar-refractivity contribution in [1.82, 2.24) is 0 Å². The number of hydrogen-bond donors (Lipinski definition) is 3. The van der Waals surface area contributed by atoms with Gasteiger partial charge in [-0.2, -0.15) is 8.42 Å². The Morgan fingerprint density at radius 3 is 1.97 bits per heavy atom. The van der Waals surface area contributed by atoms with Gasteiger partial charge in [0.2, 0.25) is 11.2 Å². The molecule has 0 aliphatic rings. The van der Waals surface area contributed by atoms with Gasteiger partial charge in [0.05, 0.1) is 34.0 Å². The Kier molecular flexibility index (Phi) is 8.26. The number of nitrogens with one attached hydrogen (secondary N) is 1. The second-order valence-corrected chi connectivity index (χ2v) is 7.96. The number of carbonyl (C=O) groups excluding carboxylic acids is 1. The molecule has 0 radical (unpaired) electrons. The molecule has 12 heteroatoms. The van der Waals surface area contributed by atoms with Crippen molar-refractivity contribution in [3.05, 3.63) is 47.5 Å². The van der Waals surface area contributed by atoms with E-state index >= 15 is 0 Å². The molecular weight excluding hydrogens is 458 g/mol. The minimum Gasteiger partial charge on any atom is -0.496 e. The van der Waals surface area contributed by atoms with Crippen LogP contribution in [-0.2, 0) is 19.7 Å². The van der Waals surface area contributed by atoms with Gasteiger partial charge >= 0.3 is 5.97 Å². The van der Waals surface area contributed by atoms with Crippen molar-refractivity contribution < 1.29 is 46.6 Å². The first-order valence-corrected chi connectivity index (χ1v) is 10.7. The average molecular weight is 481 g/mol. The van der Waals surface area contributed by atoms with Crippen LogP contribution < -0.4 is 24.3 Å². The zero-order chi connectivity index (χ0) is 24.8. The van der Waals surface area contributed by atoms with E-state index in [1.54, 1.807) is 12.1 Å². The lowest BCUT2D eigenvalue weighted by molar-refractivity contribution is -0.136. The van der Waals surface area contributed by atoms with Crippen molar-refractivity contribution in [3.63, 3.8) is 0 Å². The predicted octanol–water partition coefficient (Wildman–Crippen LogP) is 2.39. The number of rotatable bonds is 10.